The minimum Gasteiger partial charge on any atom is -0.378 e. The molecule has 1 saturated heterocycles. The van der Waals surface area contributed by atoms with Gasteiger partial charge in [-0.05, 0) is 24.6 Å². The summed E-state index contributed by atoms with van der Waals surface area (Å²) in [5.74, 6) is -0.0217. The maximum absolute atomic E-state index is 12.0. The Morgan fingerprint density at radius 3 is 2.90 bits per heavy atom. The summed E-state index contributed by atoms with van der Waals surface area (Å²) in [6, 6.07) is 5.20. The van der Waals surface area contributed by atoms with Crippen LogP contribution in [0.25, 0.3) is 0 Å². The van der Waals surface area contributed by atoms with Gasteiger partial charge in [-0.2, -0.15) is 0 Å². The fourth-order valence-corrected chi connectivity index (χ4v) is 2.78. The lowest BCUT2D eigenvalue weighted by molar-refractivity contribution is -0.122. The number of halogens is 3. The first kappa shape index (κ1) is 18.5. The number of hydrogen-bond acceptors (Lipinski definition) is 3. The van der Waals surface area contributed by atoms with Gasteiger partial charge in [0.25, 0.3) is 0 Å². The Bertz CT molecular complexity index is 479. The first-order valence-corrected chi connectivity index (χ1v) is 7.37. The van der Waals surface area contributed by atoms with Gasteiger partial charge in [0, 0.05) is 29.1 Å². The van der Waals surface area contributed by atoms with Gasteiger partial charge >= 0.3 is 0 Å². The van der Waals surface area contributed by atoms with Crippen molar-refractivity contribution in [3.8, 4) is 0 Å². The third kappa shape index (κ3) is 5.64. The fraction of sp³-hybridized carbons (Fsp3) is 0.500. The van der Waals surface area contributed by atoms with Gasteiger partial charge in [-0.25, -0.2) is 0 Å². The molecule has 0 saturated carbocycles. The van der Waals surface area contributed by atoms with Gasteiger partial charge in [0.05, 0.1) is 19.3 Å². The number of morpholine rings is 1. The van der Waals surface area contributed by atoms with E-state index < -0.39 is 0 Å². The van der Waals surface area contributed by atoms with Gasteiger partial charge < -0.3 is 15.4 Å². The van der Waals surface area contributed by atoms with Crippen molar-refractivity contribution in [2.75, 3.05) is 19.8 Å². The SMILES string of the molecule is CC(NC(=O)CC1COCCN1)c1ccc(Cl)cc1Cl.Cl. The van der Waals surface area contributed by atoms with Crippen LogP contribution in [0.4, 0.5) is 0 Å². The Morgan fingerprint density at radius 1 is 1.52 bits per heavy atom. The Hall–Kier alpha value is -0.520. The molecule has 2 unspecified atom stereocenters. The van der Waals surface area contributed by atoms with Crippen LogP contribution in [0.1, 0.15) is 24.9 Å². The molecule has 0 aromatic heterocycles. The van der Waals surface area contributed by atoms with Gasteiger partial charge in [-0.15, -0.1) is 12.4 Å². The van der Waals surface area contributed by atoms with Gasteiger partial charge in [0.1, 0.15) is 0 Å². The number of hydrogen-bond donors (Lipinski definition) is 2. The summed E-state index contributed by atoms with van der Waals surface area (Å²) in [7, 11) is 0. The Kier molecular flexibility index (Phi) is 7.77. The zero-order valence-corrected chi connectivity index (χ0v) is 14.0. The van der Waals surface area contributed by atoms with Crippen molar-refractivity contribution >= 4 is 41.5 Å². The van der Waals surface area contributed by atoms with E-state index in [1.807, 2.05) is 13.0 Å². The van der Waals surface area contributed by atoms with Crippen LogP contribution in [0.5, 0.6) is 0 Å². The average molecular weight is 354 g/mol. The maximum Gasteiger partial charge on any atom is 0.222 e. The monoisotopic (exact) mass is 352 g/mol. The molecule has 0 aliphatic carbocycles. The van der Waals surface area contributed by atoms with E-state index >= 15 is 0 Å². The molecule has 0 spiro atoms. The van der Waals surface area contributed by atoms with Gasteiger partial charge in [-0.3, -0.25) is 4.79 Å². The molecule has 118 valence electrons. The summed E-state index contributed by atoms with van der Waals surface area (Å²) in [6.45, 7) is 3.97. The van der Waals surface area contributed by atoms with E-state index in [-0.39, 0.29) is 30.4 Å². The molecule has 2 N–H and O–H groups in total. The van der Waals surface area contributed by atoms with Crippen LogP contribution in [-0.2, 0) is 9.53 Å². The van der Waals surface area contributed by atoms with E-state index in [4.69, 9.17) is 27.9 Å². The molecule has 7 heteroatoms. The van der Waals surface area contributed by atoms with E-state index in [9.17, 15) is 4.79 Å². The number of amides is 1. The number of rotatable bonds is 4. The smallest absolute Gasteiger partial charge is 0.222 e. The summed E-state index contributed by atoms with van der Waals surface area (Å²) >= 11 is 12.0. The molecule has 1 aromatic rings. The van der Waals surface area contributed by atoms with Crippen molar-refractivity contribution in [2.24, 2.45) is 0 Å². The molecular weight excluding hydrogens is 335 g/mol. The molecular formula is C14H19Cl3N2O2. The number of benzene rings is 1. The first-order valence-electron chi connectivity index (χ1n) is 6.61. The molecule has 1 aliphatic rings. The Morgan fingerprint density at radius 2 is 2.29 bits per heavy atom. The second-order valence-electron chi connectivity index (χ2n) is 4.89. The lowest BCUT2D eigenvalue weighted by Crippen LogP contribution is -2.44. The molecule has 1 fully saturated rings. The summed E-state index contributed by atoms with van der Waals surface area (Å²) in [5, 5.41) is 7.34. The molecule has 21 heavy (non-hydrogen) atoms. The molecule has 1 amide bonds. The molecule has 4 nitrogen and oxygen atoms in total. The quantitative estimate of drug-likeness (QED) is 0.875. The first-order chi connectivity index (χ1) is 9.56. The van der Waals surface area contributed by atoms with Crippen LogP contribution in [0.15, 0.2) is 18.2 Å². The highest BCUT2D eigenvalue weighted by molar-refractivity contribution is 6.35. The van der Waals surface area contributed by atoms with E-state index in [2.05, 4.69) is 10.6 Å². The number of carbonyl (C=O) groups excluding carboxylic acids is 1. The van der Waals surface area contributed by atoms with Crippen LogP contribution >= 0.6 is 35.6 Å². The minimum atomic E-state index is -0.156. The van der Waals surface area contributed by atoms with Crippen molar-refractivity contribution in [3.63, 3.8) is 0 Å². The van der Waals surface area contributed by atoms with Crippen molar-refractivity contribution in [1.29, 1.82) is 0 Å². The zero-order chi connectivity index (χ0) is 14.5. The Balaban J connectivity index is 0.00000220. The standard InChI is InChI=1S/C14H18Cl2N2O2.ClH/c1-9(12-3-2-10(15)6-13(12)16)18-14(19)7-11-8-20-5-4-17-11;/h2-3,6,9,11,17H,4-5,7-8H2,1H3,(H,18,19);1H. The highest BCUT2D eigenvalue weighted by Crippen LogP contribution is 2.26. The topological polar surface area (TPSA) is 50.4 Å². The van der Waals surface area contributed by atoms with Crippen molar-refractivity contribution in [1.82, 2.24) is 10.6 Å². The highest BCUT2D eigenvalue weighted by atomic mass is 35.5. The highest BCUT2D eigenvalue weighted by Gasteiger charge is 2.19. The van der Waals surface area contributed by atoms with Crippen LogP contribution in [0.2, 0.25) is 10.0 Å². The van der Waals surface area contributed by atoms with Crippen LogP contribution in [0, 0.1) is 0 Å². The van der Waals surface area contributed by atoms with E-state index in [0.717, 1.165) is 12.1 Å². The van der Waals surface area contributed by atoms with Crippen LogP contribution in [0.3, 0.4) is 0 Å². The molecule has 1 aliphatic heterocycles. The van der Waals surface area contributed by atoms with Gasteiger partial charge in [0.2, 0.25) is 5.91 Å². The minimum absolute atomic E-state index is 0. The van der Waals surface area contributed by atoms with Crippen molar-refractivity contribution < 1.29 is 9.53 Å². The van der Waals surface area contributed by atoms with Crippen molar-refractivity contribution in [3.05, 3.63) is 33.8 Å². The second-order valence-corrected chi connectivity index (χ2v) is 5.73. The average Bonchev–Trinajstić information content (AvgIpc) is 2.39. The van der Waals surface area contributed by atoms with E-state index in [1.165, 1.54) is 0 Å². The number of nitrogens with one attached hydrogen (secondary N) is 2. The Labute approximate surface area is 140 Å². The molecule has 2 atom stereocenters. The number of carbonyl (C=O) groups is 1. The molecule has 0 radical (unpaired) electrons. The van der Waals surface area contributed by atoms with Crippen LogP contribution in [-0.4, -0.2) is 31.7 Å². The maximum atomic E-state index is 12.0. The predicted octanol–water partition coefficient (Wildman–Crippen LogP) is 2.97. The normalized spacial score (nSPS) is 19.5. The summed E-state index contributed by atoms with van der Waals surface area (Å²) < 4.78 is 5.33. The molecule has 1 aromatic carbocycles. The molecule has 0 bridgehead atoms. The van der Waals surface area contributed by atoms with E-state index in [1.54, 1.807) is 12.1 Å². The summed E-state index contributed by atoms with van der Waals surface area (Å²) in [5.41, 5.74) is 0.859. The third-order valence-electron chi connectivity index (χ3n) is 3.24. The molecule has 1 heterocycles. The van der Waals surface area contributed by atoms with Gasteiger partial charge in [0.15, 0.2) is 0 Å². The largest absolute Gasteiger partial charge is 0.378 e. The lowest BCUT2D eigenvalue weighted by Gasteiger charge is -2.24. The lowest BCUT2D eigenvalue weighted by atomic mass is 10.1. The zero-order valence-electron chi connectivity index (χ0n) is 11.7. The van der Waals surface area contributed by atoms with Crippen molar-refractivity contribution in [2.45, 2.75) is 25.4 Å². The third-order valence-corrected chi connectivity index (χ3v) is 3.80. The molecule has 2 rings (SSSR count). The second kappa shape index (κ2) is 8.81. The van der Waals surface area contributed by atoms with Gasteiger partial charge in [-0.1, -0.05) is 29.3 Å². The number of ether oxygens (including phenoxy) is 1. The predicted molar refractivity (Wildman–Crippen MR) is 87.5 cm³/mol. The fourth-order valence-electron chi connectivity index (χ4n) is 2.21. The summed E-state index contributed by atoms with van der Waals surface area (Å²) in [4.78, 5) is 12.0. The summed E-state index contributed by atoms with van der Waals surface area (Å²) in [6.07, 6.45) is 0.398. The van der Waals surface area contributed by atoms with E-state index in [0.29, 0.717) is 29.7 Å². The van der Waals surface area contributed by atoms with Crippen LogP contribution < -0.4 is 10.6 Å².